The van der Waals surface area contributed by atoms with E-state index in [1.54, 1.807) is 12.1 Å². The largest absolute Gasteiger partial charge is 0.463 e. The van der Waals surface area contributed by atoms with Crippen molar-refractivity contribution >= 4 is 50.9 Å². The summed E-state index contributed by atoms with van der Waals surface area (Å²) < 4.78 is 4.98. The number of rotatable bonds is 3. The first-order valence-corrected chi connectivity index (χ1v) is 5.79. The van der Waals surface area contributed by atoms with E-state index < -0.39 is 17.1 Å². The van der Waals surface area contributed by atoms with Gasteiger partial charge in [0.05, 0.1) is 12.1 Å². The molecule has 1 unspecified atom stereocenters. The second kappa shape index (κ2) is 5.66. The van der Waals surface area contributed by atoms with Crippen LogP contribution in [0.2, 0.25) is 5.02 Å². The van der Waals surface area contributed by atoms with Crippen molar-refractivity contribution in [2.45, 2.75) is 5.38 Å². The zero-order valence-corrected chi connectivity index (χ0v) is 11.3. The van der Waals surface area contributed by atoms with Crippen molar-refractivity contribution in [3.63, 3.8) is 0 Å². The van der Waals surface area contributed by atoms with E-state index in [0.29, 0.717) is 15.1 Å². The molecule has 1 aromatic carbocycles. The summed E-state index contributed by atoms with van der Waals surface area (Å²) in [5.74, 6) is -1.79. The van der Waals surface area contributed by atoms with Gasteiger partial charge in [0, 0.05) is 4.47 Å². The Bertz CT molecular complexity index is 434. The van der Waals surface area contributed by atoms with Crippen molar-refractivity contribution in [3.8, 4) is 0 Å². The smallest absolute Gasteiger partial charge is 0.376 e. The Kier molecular flexibility index (Phi) is 4.77. The minimum atomic E-state index is -1.09. The maximum atomic E-state index is 11.4. The number of hydrogen-bond donors (Lipinski definition) is 0. The molecule has 16 heavy (non-hydrogen) atoms. The molecule has 0 saturated heterocycles. The molecule has 1 aromatic rings. The molecular weight excluding hydrogens is 319 g/mol. The van der Waals surface area contributed by atoms with Crippen LogP contribution in [0.1, 0.15) is 10.9 Å². The van der Waals surface area contributed by atoms with Gasteiger partial charge in [0.25, 0.3) is 5.78 Å². The molecule has 0 spiro atoms. The lowest BCUT2D eigenvalue weighted by atomic mass is 10.1. The van der Waals surface area contributed by atoms with Crippen molar-refractivity contribution in [1.29, 1.82) is 0 Å². The number of ether oxygens (including phenoxy) is 1. The molecule has 3 nitrogen and oxygen atoms in total. The van der Waals surface area contributed by atoms with Crippen LogP contribution >= 0.6 is 39.1 Å². The van der Waals surface area contributed by atoms with Gasteiger partial charge >= 0.3 is 5.97 Å². The molecule has 0 radical (unpaired) electrons. The molecule has 0 aliphatic carbocycles. The first kappa shape index (κ1) is 13.5. The number of methoxy groups -OCH3 is 1. The average Bonchev–Trinajstić information content (AvgIpc) is 2.29. The Balaban J connectivity index is 2.96. The molecule has 0 fully saturated rings. The molecular formula is C10H7BrCl2O3. The monoisotopic (exact) mass is 324 g/mol. The maximum absolute atomic E-state index is 11.4. The maximum Gasteiger partial charge on any atom is 0.376 e. The average molecular weight is 326 g/mol. The lowest BCUT2D eigenvalue weighted by Gasteiger charge is -2.08. The van der Waals surface area contributed by atoms with Gasteiger partial charge in [0.15, 0.2) is 0 Å². The standard InChI is InChI=1S/C10H7BrCl2O3/c1-16-10(15)9(14)8(13)5-2-3-6(11)7(12)4-5/h2-4,8H,1H3. The van der Waals surface area contributed by atoms with Crippen LogP contribution in [0.15, 0.2) is 22.7 Å². The van der Waals surface area contributed by atoms with Crippen molar-refractivity contribution in [1.82, 2.24) is 0 Å². The number of esters is 1. The number of carbonyl (C=O) groups is 2. The number of benzene rings is 1. The molecule has 0 aliphatic rings. The highest BCUT2D eigenvalue weighted by atomic mass is 79.9. The van der Waals surface area contributed by atoms with Gasteiger partial charge in [-0.05, 0) is 33.6 Å². The number of hydrogen-bond acceptors (Lipinski definition) is 3. The first-order chi connectivity index (χ1) is 7.47. The Morgan fingerprint density at radius 3 is 2.56 bits per heavy atom. The van der Waals surface area contributed by atoms with Gasteiger partial charge in [0.1, 0.15) is 5.38 Å². The highest BCUT2D eigenvalue weighted by Gasteiger charge is 2.25. The summed E-state index contributed by atoms with van der Waals surface area (Å²) in [4.78, 5) is 22.4. The third-order valence-electron chi connectivity index (χ3n) is 1.85. The van der Waals surface area contributed by atoms with E-state index in [1.165, 1.54) is 6.07 Å². The zero-order valence-electron chi connectivity index (χ0n) is 8.17. The first-order valence-electron chi connectivity index (χ1n) is 4.18. The Labute approximate surface area is 111 Å². The summed E-state index contributed by atoms with van der Waals surface area (Å²) in [7, 11) is 1.12. The summed E-state index contributed by atoms with van der Waals surface area (Å²) >= 11 is 14.9. The minimum Gasteiger partial charge on any atom is -0.463 e. The quantitative estimate of drug-likeness (QED) is 0.487. The van der Waals surface area contributed by atoms with Gasteiger partial charge in [-0.25, -0.2) is 4.79 Å². The Hall–Kier alpha value is -0.580. The number of ketones is 1. The summed E-state index contributed by atoms with van der Waals surface area (Å²) in [5.41, 5.74) is 0.449. The van der Waals surface area contributed by atoms with Crippen LogP contribution in [0.4, 0.5) is 0 Å². The summed E-state index contributed by atoms with van der Waals surface area (Å²) in [6.45, 7) is 0. The number of carbonyl (C=O) groups excluding carboxylic acids is 2. The third kappa shape index (κ3) is 2.97. The summed E-state index contributed by atoms with van der Waals surface area (Å²) in [6, 6.07) is 4.77. The van der Waals surface area contributed by atoms with E-state index >= 15 is 0 Å². The van der Waals surface area contributed by atoms with E-state index in [4.69, 9.17) is 23.2 Å². The summed E-state index contributed by atoms with van der Waals surface area (Å²) in [5, 5.41) is -0.668. The zero-order chi connectivity index (χ0) is 12.3. The van der Waals surface area contributed by atoms with Crippen molar-refractivity contribution in [3.05, 3.63) is 33.3 Å². The van der Waals surface area contributed by atoms with Crippen LogP contribution in [-0.4, -0.2) is 18.9 Å². The van der Waals surface area contributed by atoms with Crippen LogP contribution < -0.4 is 0 Å². The van der Waals surface area contributed by atoms with Crippen LogP contribution in [0.25, 0.3) is 0 Å². The third-order valence-corrected chi connectivity index (χ3v) is 3.54. The van der Waals surface area contributed by atoms with E-state index in [1.807, 2.05) is 0 Å². The van der Waals surface area contributed by atoms with Gasteiger partial charge in [-0.2, -0.15) is 0 Å². The lowest BCUT2D eigenvalue weighted by molar-refractivity contribution is -0.151. The molecule has 0 aromatic heterocycles. The topological polar surface area (TPSA) is 43.4 Å². The van der Waals surface area contributed by atoms with Crippen LogP contribution in [0.5, 0.6) is 0 Å². The van der Waals surface area contributed by atoms with Gasteiger partial charge < -0.3 is 4.74 Å². The molecule has 1 atom stereocenters. The number of halogens is 3. The second-order valence-electron chi connectivity index (χ2n) is 2.89. The highest BCUT2D eigenvalue weighted by molar-refractivity contribution is 9.10. The minimum absolute atomic E-state index is 0.417. The lowest BCUT2D eigenvalue weighted by Crippen LogP contribution is -2.20. The Morgan fingerprint density at radius 2 is 2.06 bits per heavy atom. The van der Waals surface area contributed by atoms with Crippen molar-refractivity contribution in [2.75, 3.05) is 7.11 Å². The number of Topliss-reactive ketones (excluding diaryl/α,β-unsaturated/α-hetero) is 1. The fraction of sp³-hybridized carbons (Fsp3) is 0.200. The molecule has 0 saturated carbocycles. The van der Waals surface area contributed by atoms with Gasteiger partial charge in [-0.3, -0.25) is 4.79 Å². The van der Waals surface area contributed by atoms with Gasteiger partial charge in [-0.1, -0.05) is 17.7 Å². The second-order valence-corrected chi connectivity index (χ2v) is 4.59. The SMILES string of the molecule is COC(=O)C(=O)C(Cl)c1ccc(Br)c(Cl)c1. The summed E-state index contributed by atoms with van der Waals surface area (Å²) in [6.07, 6.45) is 0. The van der Waals surface area contributed by atoms with E-state index in [9.17, 15) is 9.59 Å². The van der Waals surface area contributed by atoms with E-state index in [0.717, 1.165) is 7.11 Å². The molecule has 0 amide bonds. The predicted octanol–water partition coefficient (Wildman–Crippen LogP) is 3.12. The predicted molar refractivity (Wildman–Crippen MR) is 64.8 cm³/mol. The molecule has 6 heteroatoms. The normalized spacial score (nSPS) is 12.0. The molecule has 0 heterocycles. The molecule has 0 aliphatic heterocycles. The van der Waals surface area contributed by atoms with Crippen molar-refractivity contribution in [2.24, 2.45) is 0 Å². The Morgan fingerprint density at radius 1 is 1.44 bits per heavy atom. The van der Waals surface area contributed by atoms with E-state index in [2.05, 4.69) is 20.7 Å². The number of alkyl halides is 1. The van der Waals surface area contributed by atoms with Gasteiger partial charge in [0.2, 0.25) is 0 Å². The molecule has 86 valence electrons. The van der Waals surface area contributed by atoms with E-state index in [-0.39, 0.29) is 0 Å². The fourth-order valence-electron chi connectivity index (χ4n) is 1.03. The van der Waals surface area contributed by atoms with Crippen LogP contribution in [0, 0.1) is 0 Å². The van der Waals surface area contributed by atoms with Gasteiger partial charge in [-0.15, -0.1) is 11.6 Å². The molecule has 0 N–H and O–H groups in total. The molecule has 0 bridgehead atoms. The van der Waals surface area contributed by atoms with Crippen LogP contribution in [0.3, 0.4) is 0 Å². The highest BCUT2D eigenvalue weighted by Crippen LogP contribution is 2.29. The molecule has 1 rings (SSSR count). The van der Waals surface area contributed by atoms with Crippen molar-refractivity contribution < 1.29 is 14.3 Å². The fourth-order valence-corrected chi connectivity index (χ4v) is 1.69. The van der Waals surface area contributed by atoms with Crippen LogP contribution in [-0.2, 0) is 14.3 Å².